The van der Waals surface area contributed by atoms with Gasteiger partial charge in [0.25, 0.3) is 5.91 Å². The van der Waals surface area contributed by atoms with Crippen molar-refractivity contribution in [2.45, 2.75) is 39.2 Å². The van der Waals surface area contributed by atoms with E-state index >= 15 is 0 Å². The SMILES string of the molecule is CC(C)(C)OC(=O)NCCCNC(=O)CNC(=O)c1ccc(-c2ccccc2C#N)nc1NCCc1cccc(F)c1. The van der Waals surface area contributed by atoms with Gasteiger partial charge in [-0.15, -0.1) is 0 Å². The summed E-state index contributed by atoms with van der Waals surface area (Å²) in [5.41, 5.74) is 1.94. The van der Waals surface area contributed by atoms with Crippen LogP contribution in [0.4, 0.5) is 15.0 Å². The zero-order valence-corrected chi connectivity index (χ0v) is 23.9. The number of nitriles is 1. The van der Waals surface area contributed by atoms with Crippen molar-refractivity contribution in [1.82, 2.24) is 20.9 Å². The Morgan fingerprint density at radius 2 is 1.71 bits per heavy atom. The van der Waals surface area contributed by atoms with Crippen molar-refractivity contribution in [1.29, 1.82) is 5.26 Å². The first-order valence-electron chi connectivity index (χ1n) is 13.6. The van der Waals surface area contributed by atoms with Crippen LogP contribution in [0, 0.1) is 17.1 Å². The average molecular weight is 575 g/mol. The maximum Gasteiger partial charge on any atom is 0.407 e. The van der Waals surface area contributed by atoms with Gasteiger partial charge in [0.05, 0.1) is 29.4 Å². The van der Waals surface area contributed by atoms with Crippen molar-refractivity contribution in [3.05, 3.63) is 83.2 Å². The summed E-state index contributed by atoms with van der Waals surface area (Å²) in [6.45, 7) is 6.02. The van der Waals surface area contributed by atoms with E-state index in [-0.39, 0.29) is 23.7 Å². The molecule has 1 aromatic heterocycles. The maximum absolute atomic E-state index is 13.6. The molecule has 0 aliphatic carbocycles. The molecule has 3 aromatic rings. The van der Waals surface area contributed by atoms with Gasteiger partial charge in [0, 0.05) is 25.2 Å². The maximum atomic E-state index is 13.6. The Labute approximate surface area is 244 Å². The van der Waals surface area contributed by atoms with Crippen LogP contribution in [0.25, 0.3) is 11.3 Å². The third-order valence-corrected chi connectivity index (χ3v) is 5.81. The Morgan fingerprint density at radius 3 is 2.45 bits per heavy atom. The lowest BCUT2D eigenvalue weighted by molar-refractivity contribution is -0.120. The molecule has 0 unspecified atom stereocenters. The topological polar surface area (TPSA) is 145 Å². The van der Waals surface area contributed by atoms with E-state index in [0.717, 1.165) is 5.56 Å². The normalized spacial score (nSPS) is 10.7. The minimum absolute atomic E-state index is 0.210. The van der Waals surface area contributed by atoms with Gasteiger partial charge in [-0.2, -0.15) is 5.26 Å². The summed E-state index contributed by atoms with van der Waals surface area (Å²) < 4.78 is 18.7. The van der Waals surface area contributed by atoms with Crippen molar-refractivity contribution in [3.63, 3.8) is 0 Å². The number of amides is 3. The first-order chi connectivity index (χ1) is 20.1. The molecular weight excluding hydrogens is 539 g/mol. The van der Waals surface area contributed by atoms with Crippen molar-refractivity contribution in [2.24, 2.45) is 0 Å². The van der Waals surface area contributed by atoms with Crippen LogP contribution >= 0.6 is 0 Å². The molecule has 0 radical (unpaired) electrons. The molecule has 220 valence electrons. The summed E-state index contributed by atoms with van der Waals surface area (Å²) in [7, 11) is 0. The predicted molar refractivity (Wildman–Crippen MR) is 157 cm³/mol. The number of nitrogens with zero attached hydrogens (tertiary/aromatic N) is 2. The zero-order valence-electron chi connectivity index (χ0n) is 23.9. The van der Waals surface area contributed by atoms with E-state index in [2.05, 4.69) is 32.3 Å². The summed E-state index contributed by atoms with van der Waals surface area (Å²) in [6, 6.07) is 18.6. The Bertz CT molecular complexity index is 1450. The van der Waals surface area contributed by atoms with Crippen LogP contribution in [-0.4, -0.2) is 54.7 Å². The molecule has 0 atom stereocenters. The highest BCUT2D eigenvalue weighted by Crippen LogP contribution is 2.25. The fourth-order valence-corrected chi connectivity index (χ4v) is 3.89. The molecular formula is C31H35FN6O4. The fraction of sp³-hybridized carbons (Fsp3) is 0.323. The molecule has 0 saturated carbocycles. The van der Waals surface area contributed by atoms with Crippen LogP contribution in [-0.2, 0) is 16.0 Å². The zero-order chi connectivity index (χ0) is 30.5. The number of anilines is 1. The number of rotatable bonds is 12. The molecule has 0 spiro atoms. The van der Waals surface area contributed by atoms with Crippen LogP contribution in [0.5, 0.6) is 0 Å². The largest absolute Gasteiger partial charge is 0.444 e. The van der Waals surface area contributed by atoms with Crippen molar-refractivity contribution in [2.75, 3.05) is 31.5 Å². The number of halogens is 1. The molecule has 10 nitrogen and oxygen atoms in total. The summed E-state index contributed by atoms with van der Waals surface area (Å²) in [5, 5.41) is 20.6. The molecule has 42 heavy (non-hydrogen) atoms. The van der Waals surface area contributed by atoms with Gasteiger partial charge in [-0.3, -0.25) is 9.59 Å². The summed E-state index contributed by atoms with van der Waals surface area (Å²) >= 11 is 0. The number of ether oxygens (including phenoxy) is 1. The van der Waals surface area contributed by atoms with Gasteiger partial charge in [0.2, 0.25) is 5.91 Å². The highest BCUT2D eigenvalue weighted by atomic mass is 19.1. The van der Waals surface area contributed by atoms with Gasteiger partial charge in [0.15, 0.2) is 0 Å². The van der Waals surface area contributed by atoms with Gasteiger partial charge in [-0.05, 0) is 69.5 Å². The summed E-state index contributed by atoms with van der Waals surface area (Å²) in [6.07, 6.45) is 0.427. The average Bonchev–Trinajstić information content (AvgIpc) is 2.94. The van der Waals surface area contributed by atoms with Crippen LogP contribution in [0.2, 0.25) is 0 Å². The van der Waals surface area contributed by atoms with E-state index in [1.165, 1.54) is 12.1 Å². The van der Waals surface area contributed by atoms with Crippen LogP contribution in [0.1, 0.15) is 48.7 Å². The molecule has 4 N–H and O–H groups in total. The molecule has 0 aliphatic rings. The van der Waals surface area contributed by atoms with Gasteiger partial charge < -0.3 is 26.0 Å². The molecule has 0 bridgehead atoms. The Kier molecular flexibility index (Phi) is 11.4. The van der Waals surface area contributed by atoms with Gasteiger partial charge in [-0.25, -0.2) is 14.2 Å². The third-order valence-electron chi connectivity index (χ3n) is 5.81. The second-order valence-corrected chi connectivity index (χ2v) is 10.4. The van der Waals surface area contributed by atoms with E-state index in [1.54, 1.807) is 69.3 Å². The monoisotopic (exact) mass is 574 g/mol. The molecule has 1 heterocycles. The van der Waals surface area contributed by atoms with E-state index in [0.29, 0.717) is 49.3 Å². The van der Waals surface area contributed by atoms with Crippen molar-refractivity contribution >= 4 is 23.7 Å². The van der Waals surface area contributed by atoms with Crippen molar-refractivity contribution < 1.29 is 23.5 Å². The van der Waals surface area contributed by atoms with Crippen LogP contribution < -0.4 is 21.3 Å². The minimum Gasteiger partial charge on any atom is -0.444 e. The van der Waals surface area contributed by atoms with Crippen LogP contribution in [0.3, 0.4) is 0 Å². The molecule has 0 saturated heterocycles. The number of hydrogen-bond donors (Lipinski definition) is 4. The Balaban J connectivity index is 1.60. The minimum atomic E-state index is -0.593. The molecule has 11 heteroatoms. The number of pyridine rings is 1. The number of hydrogen-bond acceptors (Lipinski definition) is 7. The summed E-state index contributed by atoms with van der Waals surface area (Å²) in [5.74, 6) is -0.979. The van der Waals surface area contributed by atoms with E-state index in [4.69, 9.17) is 4.74 Å². The van der Waals surface area contributed by atoms with E-state index in [1.807, 2.05) is 0 Å². The first kappa shape index (κ1) is 31.5. The highest BCUT2D eigenvalue weighted by molar-refractivity contribution is 6.00. The lowest BCUT2D eigenvalue weighted by atomic mass is 10.0. The smallest absolute Gasteiger partial charge is 0.407 e. The number of carbonyl (C=O) groups excluding carboxylic acids is 3. The lowest BCUT2D eigenvalue weighted by Gasteiger charge is -2.19. The van der Waals surface area contributed by atoms with Crippen molar-refractivity contribution in [3.8, 4) is 17.3 Å². The Morgan fingerprint density at radius 1 is 0.952 bits per heavy atom. The molecule has 3 rings (SSSR count). The number of alkyl carbamates (subject to hydrolysis) is 1. The molecule has 2 aromatic carbocycles. The molecule has 3 amide bonds. The first-order valence-corrected chi connectivity index (χ1v) is 13.6. The number of aromatic nitrogens is 1. The standard InChI is InChI=1S/C31H35FN6O4/c1-31(2,3)42-30(41)36-16-7-15-34-27(39)20-37-29(40)25-12-13-26(24-11-5-4-9-22(24)19-33)38-28(25)35-17-14-21-8-6-10-23(32)18-21/h4-6,8-13,18H,7,14-17,20H2,1-3H3,(H,34,39)(H,35,38)(H,36,41)(H,37,40). The number of nitrogens with one attached hydrogen (secondary N) is 4. The molecule has 0 fully saturated rings. The highest BCUT2D eigenvalue weighted by Gasteiger charge is 2.17. The van der Waals surface area contributed by atoms with E-state index in [9.17, 15) is 24.0 Å². The fourth-order valence-electron chi connectivity index (χ4n) is 3.89. The second-order valence-electron chi connectivity index (χ2n) is 10.4. The molecule has 0 aliphatic heterocycles. The Hall–Kier alpha value is -4.98. The van der Waals surface area contributed by atoms with Gasteiger partial charge in [0.1, 0.15) is 17.2 Å². The lowest BCUT2D eigenvalue weighted by Crippen LogP contribution is -2.38. The van der Waals surface area contributed by atoms with E-state index < -0.39 is 23.5 Å². The third kappa shape index (κ3) is 10.2. The number of benzene rings is 2. The second kappa shape index (κ2) is 15.1. The van der Waals surface area contributed by atoms with Crippen LogP contribution in [0.15, 0.2) is 60.7 Å². The number of carbonyl (C=O) groups is 3. The predicted octanol–water partition coefficient (Wildman–Crippen LogP) is 4.17. The van der Waals surface area contributed by atoms with Gasteiger partial charge >= 0.3 is 6.09 Å². The van der Waals surface area contributed by atoms with Gasteiger partial charge in [-0.1, -0.05) is 30.3 Å². The quantitative estimate of drug-likeness (QED) is 0.238. The summed E-state index contributed by atoms with van der Waals surface area (Å²) in [4.78, 5) is 41.6.